The van der Waals surface area contributed by atoms with E-state index in [9.17, 15) is 10.1 Å². The molecule has 1 aliphatic heterocycles. The van der Waals surface area contributed by atoms with Gasteiger partial charge in [0.2, 0.25) is 11.7 Å². The highest BCUT2D eigenvalue weighted by molar-refractivity contribution is 6.31. The third kappa shape index (κ3) is 5.85. The molecule has 4 atom stereocenters. The molecular formula is C31H29Cl2F2N7O. The zero-order valence-corrected chi connectivity index (χ0v) is 25.4. The molecule has 1 aliphatic rings. The van der Waals surface area contributed by atoms with Crippen LogP contribution in [0.3, 0.4) is 0 Å². The first kappa shape index (κ1) is 30.5. The fourth-order valence-corrected chi connectivity index (χ4v) is 6.22. The molecule has 1 aromatic heterocycles. The first-order valence-electron chi connectivity index (χ1n) is 13.6. The van der Waals surface area contributed by atoms with Crippen molar-refractivity contribution >= 4 is 34.8 Å². The lowest BCUT2D eigenvalue weighted by molar-refractivity contribution is -0.118. The van der Waals surface area contributed by atoms with Gasteiger partial charge in [0.1, 0.15) is 17.0 Å². The summed E-state index contributed by atoms with van der Waals surface area (Å²) in [4.78, 5) is 15.4. The number of nitrogens with one attached hydrogen (secondary N) is 2. The van der Waals surface area contributed by atoms with Crippen LogP contribution in [0.1, 0.15) is 44.2 Å². The lowest BCUT2D eigenvalue weighted by Crippen LogP contribution is -2.45. The maximum atomic E-state index is 15.8. The lowest BCUT2D eigenvalue weighted by atomic mass is 9.62. The molecule has 2 N–H and O–H groups in total. The molecule has 2 unspecified atom stereocenters. The van der Waals surface area contributed by atoms with E-state index in [0.717, 1.165) is 6.07 Å². The highest BCUT2D eigenvalue weighted by atomic mass is 35.5. The van der Waals surface area contributed by atoms with E-state index in [1.165, 1.54) is 29.1 Å². The Kier molecular flexibility index (Phi) is 8.27. The molecule has 2 heterocycles. The molecule has 1 fully saturated rings. The molecule has 12 heteroatoms. The Balaban J connectivity index is 1.62. The quantitative estimate of drug-likeness (QED) is 0.256. The number of tetrazole rings is 1. The van der Waals surface area contributed by atoms with E-state index in [2.05, 4.69) is 32.1 Å². The van der Waals surface area contributed by atoms with Crippen molar-refractivity contribution in [2.75, 3.05) is 5.32 Å². The van der Waals surface area contributed by atoms with Gasteiger partial charge in [-0.1, -0.05) is 62.2 Å². The number of hydrogen-bond donors (Lipinski definition) is 2. The molecule has 4 aromatic rings. The minimum atomic E-state index is -1.71. The van der Waals surface area contributed by atoms with Gasteiger partial charge in [-0.2, -0.15) is 10.1 Å². The van der Waals surface area contributed by atoms with Gasteiger partial charge in [-0.3, -0.25) is 4.79 Å². The molecule has 0 aliphatic carbocycles. The van der Waals surface area contributed by atoms with Crippen LogP contribution in [0.5, 0.6) is 0 Å². The summed E-state index contributed by atoms with van der Waals surface area (Å²) in [6.45, 7) is 5.93. The first-order valence-corrected chi connectivity index (χ1v) is 14.3. The van der Waals surface area contributed by atoms with Crippen LogP contribution < -0.4 is 10.6 Å². The van der Waals surface area contributed by atoms with E-state index in [4.69, 9.17) is 23.2 Å². The Morgan fingerprint density at radius 3 is 2.47 bits per heavy atom. The lowest BCUT2D eigenvalue weighted by Gasteiger charge is -2.37. The minimum Gasteiger partial charge on any atom is -0.325 e. The molecule has 0 spiro atoms. The Bertz CT molecular complexity index is 1710. The number of rotatable bonds is 6. The van der Waals surface area contributed by atoms with E-state index < -0.39 is 41.0 Å². The van der Waals surface area contributed by atoms with Crippen LogP contribution in [0.2, 0.25) is 10.0 Å². The number of carbonyl (C=O) groups is 1. The summed E-state index contributed by atoms with van der Waals surface area (Å²) in [6.07, 6.45) is 0.366. The maximum Gasteiger partial charge on any atom is 0.242 e. The highest BCUT2D eigenvalue weighted by Crippen LogP contribution is 2.52. The number of aromatic nitrogens is 4. The van der Waals surface area contributed by atoms with Crippen LogP contribution in [-0.4, -0.2) is 38.2 Å². The normalized spacial score (nSPS) is 21.9. The molecule has 0 saturated carbocycles. The molecule has 8 nitrogen and oxygen atoms in total. The Morgan fingerprint density at radius 2 is 1.86 bits per heavy atom. The van der Waals surface area contributed by atoms with Gasteiger partial charge in [-0.05, 0) is 65.1 Å². The van der Waals surface area contributed by atoms with Crippen LogP contribution in [0, 0.1) is 28.4 Å². The molecule has 222 valence electrons. The molecular weight excluding hydrogens is 595 g/mol. The van der Waals surface area contributed by atoms with Crippen LogP contribution in [0.25, 0.3) is 11.4 Å². The maximum absolute atomic E-state index is 15.8. The number of anilines is 1. The van der Waals surface area contributed by atoms with Gasteiger partial charge in [-0.25, -0.2) is 8.78 Å². The summed E-state index contributed by atoms with van der Waals surface area (Å²) in [6, 6.07) is 15.7. The molecule has 1 amide bonds. The Morgan fingerprint density at radius 1 is 1.14 bits per heavy atom. The Hall–Kier alpha value is -3.91. The van der Waals surface area contributed by atoms with Crippen molar-refractivity contribution in [2.24, 2.45) is 12.5 Å². The average Bonchev–Trinajstić information content (AvgIpc) is 3.51. The fraction of sp³-hybridized carbons (Fsp3) is 0.323. The molecule has 3 aromatic carbocycles. The van der Waals surface area contributed by atoms with Crippen LogP contribution >= 0.6 is 23.2 Å². The largest absolute Gasteiger partial charge is 0.325 e. The van der Waals surface area contributed by atoms with Crippen molar-refractivity contribution in [3.8, 4) is 17.5 Å². The van der Waals surface area contributed by atoms with E-state index in [1.807, 2.05) is 20.8 Å². The number of halogens is 4. The number of aryl methyl sites for hydroxylation is 1. The van der Waals surface area contributed by atoms with Gasteiger partial charge in [0.25, 0.3) is 0 Å². The van der Waals surface area contributed by atoms with Gasteiger partial charge in [0.05, 0.1) is 24.2 Å². The standard InChI is InChI=1S/C31H29Cl2F2N7O/c1-30(2,3)15-24-31(16-36,21-13-10-18(32)14-23(21)34)25(20-6-5-7-22(33)26(20)35)27(38-24)29(43)37-19-11-8-17(9-12-19)28-39-41-42(4)40-28/h5-14,24-25,27,38H,15H2,1-4H3,(H,37,43)/t24?,25?,27-,31+/m1/s1. The van der Waals surface area contributed by atoms with E-state index >= 15 is 8.78 Å². The summed E-state index contributed by atoms with van der Waals surface area (Å²) in [5.41, 5.74) is -0.884. The second kappa shape index (κ2) is 11.6. The topological polar surface area (TPSA) is 109 Å². The average molecular weight is 625 g/mol. The number of hydrogen-bond acceptors (Lipinski definition) is 6. The summed E-state index contributed by atoms with van der Waals surface area (Å²) in [7, 11) is 1.66. The van der Waals surface area contributed by atoms with Gasteiger partial charge in [0.15, 0.2) is 0 Å². The molecule has 5 rings (SSSR count). The SMILES string of the molecule is Cn1nnc(-c2ccc(NC(=O)[C@@H]3NC(CC(C)(C)C)[C@](C#N)(c4ccc(Cl)cc4F)C3c3cccc(Cl)c3F)cc2)n1. The van der Waals surface area contributed by atoms with Crippen molar-refractivity contribution in [1.29, 1.82) is 5.26 Å². The van der Waals surface area contributed by atoms with Gasteiger partial charge >= 0.3 is 0 Å². The van der Waals surface area contributed by atoms with Gasteiger partial charge in [-0.15, -0.1) is 10.2 Å². The van der Waals surface area contributed by atoms with Crippen molar-refractivity contribution in [3.63, 3.8) is 0 Å². The third-order valence-corrected chi connectivity index (χ3v) is 8.18. The highest BCUT2D eigenvalue weighted by Gasteiger charge is 2.61. The van der Waals surface area contributed by atoms with Crippen molar-refractivity contribution < 1.29 is 13.6 Å². The van der Waals surface area contributed by atoms with Crippen molar-refractivity contribution in [3.05, 3.63) is 93.5 Å². The Labute approximate surface area is 258 Å². The zero-order valence-electron chi connectivity index (χ0n) is 23.9. The molecule has 0 radical (unpaired) electrons. The first-order chi connectivity index (χ1) is 20.3. The van der Waals surface area contributed by atoms with Crippen LogP contribution in [0.4, 0.5) is 14.5 Å². The molecule has 43 heavy (non-hydrogen) atoms. The van der Waals surface area contributed by atoms with Crippen LogP contribution in [0.15, 0.2) is 60.7 Å². The predicted octanol–water partition coefficient (Wildman–Crippen LogP) is 6.42. The smallest absolute Gasteiger partial charge is 0.242 e. The van der Waals surface area contributed by atoms with Gasteiger partial charge in [0, 0.05) is 33.8 Å². The number of amides is 1. The molecule has 1 saturated heterocycles. The second-order valence-electron chi connectivity index (χ2n) is 11.9. The zero-order chi connectivity index (χ0) is 31.1. The minimum absolute atomic E-state index is 0.0154. The summed E-state index contributed by atoms with van der Waals surface area (Å²) in [5, 5.41) is 29.1. The summed E-state index contributed by atoms with van der Waals surface area (Å²) >= 11 is 12.3. The number of carbonyl (C=O) groups excluding carboxylic acids is 1. The second-order valence-corrected chi connectivity index (χ2v) is 12.7. The predicted molar refractivity (Wildman–Crippen MR) is 160 cm³/mol. The van der Waals surface area contributed by atoms with Crippen LogP contribution in [-0.2, 0) is 17.3 Å². The van der Waals surface area contributed by atoms with E-state index in [1.54, 1.807) is 37.4 Å². The fourth-order valence-electron chi connectivity index (χ4n) is 5.88. The number of nitriles is 1. The summed E-state index contributed by atoms with van der Waals surface area (Å²) in [5.74, 6) is -2.78. The van der Waals surface area contributed by atoms with Crippen molar-refractivity contribution in [2.45, 2.75) is 50.6 Å². The number of benzene rings is 3. The molecule has 0 bridgehead atoms. The number of nitrogens with zero attached hydrogens (tertiary/aromatic N) is 5. The van der Waals surface area contributed by atoms with Crippen molar-refractivity contribution in [1.82, 2.24) is 25.5 Å². The summed E-state index contributed by atoms with van der Waals surface area (Å²) < 4.78 is 31.6. The van der Waals surface area contributed by atoms with E-state index in [0.29, 0.717) is 23.5 Å². The third-order valence-electron chi connectivity index (χ3n) is 7.65. The van der Waals surface area contributed by atoms with E-state index in [-0.39, 0.29) is 26.6 Å². The van der Waals surface area contributed by atoms with Gasteiger partial charge < -0.3 is 10.6 Å². The monoisotopic (exact) mass is 623 g/mol.